The van der Waals surface area contributed by atoms with E-state index in [9.17, 15) is 53.1 Å². The van der Waals surface area contributed by atoms with Gasteiger partial charge in [0.05, 0.1) is 62.4 Å². The third kappa shape index (κ3) is 23.8. The molecule has 1 aliphatic heterocycles. The van der Waals surface area contributed by atoms with Crippen molar-refractivity contribution in [3.05, 3.63) is 77.9 Å². The lowest BCUT2D eigenvalue weighted by molar-refractivity contribution is -0.148. The number of anilines is 1. The molecule has 89 heavy (non-hydrogen) atoms. The number of hydrogen-bond donors (Lipinski definition) is 7. The minimum absolute atomic E-state index is 0.0806. The molecule has 0 radical (unpaired) electrons. The van der Waals surface area contributed by atoms with Crippen molar-refractivity contribution in [1.29, 1.82) is 0 Å². The Bertz CT molecular complexity index is 2660. The van der Waals surface area contributed by atoms with E-state index in [1.165, 1.54) is 33.3 Å². The summed E-state index contributed by atoms with van der Waals surface area (Å²) < 4.78 is 22.1. The van der Waals surface area contributed by atoms with E-state index in [0.717, 1.165) is 12.2 Å². The summed E-state index contributed by atoms with van der Waals surface area (Å²) in [5, 5.41) is 27.5. The molecule has 0 bridgehead atoms. The van der Waals surface area contributed by atoms with Crippen molar-refractivity contribution in [1.82, 2.24) is 41.3 Å². The summed E-state index contributed by atoms with van der Waals surface area (Å²) >= 11 is 0. The van der Waals surface area contributed by atoms with Gasteiger partial charge >= 0.3 is 12.1 Å². The van der Waals surface area contributed by atoms with Crippen LogP contribution in [0, 0.1) is 29.6 Å². The molecular weight excluding hydrogens is 1150 g/mol. The van der Waals surface area contributed by atoms with Crippen LogP contribution in [-0.4, -0.2) is 183 Å². The molecule has 1 fully saturated rings. The van der Waals surface area contributed by atoms with Gasteiger partial charge in [-0.2, -0.15) is 0 Å². The van der Waals surface area contributed by atoms with E-state index in [0.29, 0.717) is 68.4 Å². The number of ether oxygens (including phenoxy) is 4. The number of unbranched alkanes of at least 4 members (excludes halogenated alkanes) is 2. The second-order valence-electron chi connectivity index (χ2n) is 24.0. The zero-order chi connectivity index (χ0) is 66.7. The lowest BCUT2D eigenvalue weighted by Gasteiger charge is -2.41. The van der Waals surface area contributed by atoms with Crippen LogP contribution in [0.5, 0.6) is 0 Å². The standard InChI is InChI=1S/C65H101N9O15/c1-16-42(8)58(49(86-13)36-53(78)74-35-23-26-48(74)60(88-15)43(9)61(81)68-44(10)59(80)46-24-19-17-20-25-46)72(11)64(84)56(40(4)5)71-63(83)57(41(6)7)73(12)65(85)89-38-45-28-30-47(31-29-45)69-52(77)37-67-62(82)55(39(2)3)70-51(76)27-21-18-22-34-66-50(75)32-33-54(79)87-14/h17,19-20,24-25,28-33,39-44,48-49,55-60,80H,16,18,21-23,26-27,34-38H2,1-15H3,(H,66,75)(H,67,82)(H,68,81)(H,69,77)(H,70,76)(H,71,83)/b33-32-/t42-,43+,44+,48-,49+,55-,56-,57-,58-,59+,60+/m0/s1. The van der Waals surface area contributed by atoms with Gasteiger partial charge in [-0.15, -0.1) is 0 Å². The molecule has 2 aromatic carbocycles. The average Bonchev–Trinajstić information content (AvgIpc) is 2.86. The Labute approximate surface area is 526 Å². The summed E-state index contributed by atoms with van der Waals surface area (Å²) in [5.41, 5.74) is 1.64. The highest BCUT2D eigenvalue weighted by Crippen LogP contribution is 2.30. The van der Waals surface area contributed by atoms with E-state index < -0.39 is 114 Å². The maximum Gasteiger partial charge on any atom is 0.410 e. The number of methoxy groups -OCH3 is 3. The molecule has 11 atom stereocenters. The monoisotopic (exact) mass is 1250 g/mol. The fourth-order valence-corrected chi connectivity index (χ4v) is 11.0. The zero-order valence-corrected chi connectivity index (χ0v) is 54.9. The molecule has 0 unspecified atom stereocenters. The Morgan fingerprint density at radius 2 is 1.36 bits per heavy atom. The van der Waals surface area contributed by atoms with E-state index >= 15 is 0 Å². The predicted octanol–water partition coefficient (Wildman–Crippen LogP) is 5.18. The van der Waals surface area contributed by atoms with E-state index in [-0.39, 0.29) is 55.6 Å². The number of aliphatic hydroxyl groups excluding tert-OH is 1. The Morgan fingerprint density at radius 3 is 1.94 bits per heavy atom. The van der Waals surface area contributed by atoms with Crippen molar-refractivity contribution < 1.29 is 72.0 Å². The summed E-state index contributed by atoms with van der Waals surface area (Å²) in [6.45, 7) is 18.4. The van der Waals surface area contributed by atoms with E-state index in [4.69, 9.17) is 14.2 Å². The Morgan fingerprint density at radius 1 is 0.708 bits per heavy atom. The van der Waals surface area contributed by atoms with Crippen LogP contribution < -0.4 is 31.9 Å². The van der Waals surface area contributed by atoms with Crippen LogP contribution >= 0.6 is 0 Å². The van der Waals surface area contributed by atoms with Crippen molar-refractivity contribution >= 4 is 65.0 Å². The van der Waals surface area contributed by atoms with Crippen molar-refractivity contribution in [2.45, 2.75) is 182 Å². The molecule has 496 valence electrons. The number of carbonyl (C=O) groups excluding carboxylic acids is 10. The molecule has 2 aromatic rings. The molecule has 3 rings (SSSR count). The number of nitrogens with one attached hydrogen (secondary N) is 6. The second-order valence-corrected chi connectivity index (χ2v) is 24.0. The third-order valence-electron chi connectivity index (χ3n) is 16.3. The fraction of sp³-hybridized carbons (Fsp3) is 0.631. The normalized spacial score (nSPS) is 16.6. The topological polar surface area (TPSA) is 310 Å². The van der Waals surface area contributed by atoms with Gasteiger partial charge in [-0.05, 0) is 79.5 Å². The van der Waals surface area contributed by atoms with Crippen LogP contribution in [0.25, 0.3) is 0 Å². The molecule has 1 aliphatic rings. The first kappa shape index (κ1) is 75.8. The highest BCUT2D eigenvalue weighted by molar-refractivity contribution is 5.96. The second kappa shape index (κ2) is 38.2. The van der Waals surface area contributed by atoms with E-state index in [2.05, 4.69) is 36.6 Å². The van der Waals surface area contributed by atoms with Crippen molar-refractivity contribution in [3.63, 3.8) is 0 Å². The van der Waals surface area contributed by atoms with Crippen molar-refractivity contribution in [3.8, 4) is 0 Å². The minimum atomic E-state index is -1.06. The van der Waals surface area contributed by atoms with Gasteiger partial charge < -0.3 is 65.8 Å². The van der Waals surface area contributed by atoms with E-state index in [1.54, 1.807) is 109 Å². The fourth-order valence-electron chi connectivity index (χ4n) is 11.0. The van der Waals surface area contributed by atoms with Gasteiger partial charge in [-0.1, -0.05) is 118 Å². The highest BCUT2D eigenvalue weighted by atomic mass is 16.6. The summed E-state index contributed by atoms with van der Waals surface area (Å²) in [7, 11) is 7.31. The van der Waals surface area contributed by atoms with Gasteiger partial charge in [0.15, 0.2) is 0 Å². The largest absolute Gasteiger partial charge is 0.466 e. The maximum atomic E-state index is 14.7. The SMILES string of the molecule is CC[C@H](C)[C@@H]([C@@H](CC(=O)N1CCC[C@H]1[C@H](OC)[C@@H](C)C(=O)N[C@H](C)[C@@H](O)c1ccccc1)OC)N(C)C(=O)[C@@H](NC(=O)[C@H](C(C)C)N(C)C(=O)OCc1ccc(NC(=O)CNC(=O)[C@@H](NC(=O)CCCCCNC(=O)/C=C\C(=O)OC)C(C)C)cc1)C(C)C. The van der Waals surface area contributed by atoms with Crippen LogP contribution in [0.3, 0.4) is 0 Å². The molecule has 0 aliphatic carbocycles. The smallest absolute Gasteiger partial charge is 0.410 e. The number of rotatable bonds is 36. The van der Waals surface area contributed by atoms with Gasteiger partial charge in [-0.25, -0.2) is 9.59 Å². The van der Waals surface area contributed by atoms with Gasteiger partial charge in [0, 0.05) is 65.7 Å². The zero-order valence-electron chi connectivity index (χ0n) is 54.9. The number of benzene rings is 2. The number of nitrogens with zero attached hydrogens (tertiary/aromatic N) is 3. The van der Waals surface area contributed by atoms with Gasteiger partial charge in [-0.3, -0.25) is 43.3 Å². The number of carbonyl (C=O) groups is 10. The number of likely N-dealkylation sites (tertiary alicyclic amines) is 1. The molecule has 0 spiro atoms. The summed E-state index contributed by atoms with van der Waals surface area (Å²) in [5.74, 6) is -5.96. The average molecular weight is 1250 g/mol. The first-order valence-corrected chi connectivity index (χ1v) is 31.0. The molecular formula is C65H101N9O15. The molecule has 24 heteroatoms. The molecule has 9 amide bonds. The Balaban J connectivity index is 1.58. The first-order chi connectivity index (χ1) is 42.1. The van der Waals surface area contributed by atoms with Gasteiger partial charge in [0.1, 0.15) is 24.7 Å². The molecule has 1 saturated heterocycles. The highest BCUT2D eigenvalue weighted by Gasteiger charge is 2.44. The van der Waals surface area contributed by atoms with Gasteiger partial charge in [0.25, 0.3) is 0 Å². The van der Waals surface area contributed by atoms with Crippen LogP contribution in [0.2, 0.25) is 0 Å². The van der Waals surface area contributed by atoms with Crippen LogP contribution in [0.1, 0.15) is 138 Å². The molecule has 0 aromatic heterocycles. The number of esters is 1. The number of likely N-dealkylation sites (N-methyl/N-ethyl adjacent to an activating group) is 2. The van der Waals surface area contributed by atoms with Crippen LogP contribution in [0.15, 0.2) is 66.7 Å². The maximum absolute atomic E-state index is 14.7. The molecule has 24 nitrogen and oxygen atoms in total. The van der Waals surface area contributed by atoms with Gasteiger partial charge in [0.2, 0.25) is 47.3 Å². The van der Waals surface area contributed by atoms with E-state index in [1.807, 2.05) is 32.0 Å². The third-order valence-corrected chi connectivity index (χ3v) is 16.3. The number of hydrogen-bond acceptors (Lipinski definition) is 15. The van der Waals surface area contributed by atoms with Crippen LogP contribution in [0.4, 0.5) is 10.5 Å². The molecule has 0 saturated carbocycles. The summed E-state index contributed by atoms with van der Waals surface area (Å²) in [4.78, 5) is 137. The first-order valence-electron chi connectivity index (χ1n) is 31.0. The molecule has 7 N–H and O–H groups in total. The Kier molecular flexibility index (Phi) is 32.5. The number of aliphatic hydroxyl groups is 1. The summed E-state index contributed by atoms with van der Waals surface area (Å²) in [6, 6.07) is 10.9. The quantitative estimate of drug-likeness (QED) is 0.0263. The number of amides is 9. The lowest BCUT2D eigenvalue weighted by atomic mass is 9.89. The van der Waals surface area contributed by atoms with Crippen molar-refractivity contribution in [2.24, 2.45) is 29.6 Å². The summed E-state index contributed by atoms with van der Waals surface area (Å²) in [6.07, 6.45) is 2.66. The van der Waals surface area contributed by atoms with Crippen LogP contribution in [-0.2, 0) is 68.7 Å². The lowest BCUT2D eigenvalue weighted by Crippen LogP contribution is -2.60. The minimum Gasteiger partial charge on any atom is -0.466 e. The predicted molar refractivity (Wildman–Crippen MR) is 336 cm³/mol. The molecule has 1 heterocycles. The van der Waals surface area contributed by atoms with Crippen molar-refractivity contribution in [2.75, 3.05) is 60.4 Å². The Hall–Kier alpha value is -7.44.